The van der Waals surface area contributed by atoms with Crippen molar-refractivity contribution in [1.82, 2.24) is 10.3 Å². The maximum absolute atomic E-state index is 5.64. The smallest absolute Gasteiger partial charge is 0.0896 e. The Balaban J connectivity index is 1.93. The van der Waals surface area contributed by atoms with Crippen LogP contribution in [-0.4, -0.2) is 31.3 Å². The van der Waals surface area contributed by atoms with Crippen molar-refractivity contribution in [2.24, 2.45) is 11.3 Å². The molecule has 1 unspecified atom stereocenters. The summed E-state index contributed by atoms with van der Waals surface area (Å²) in [7, 11) is 0. The lowest BCUT2D eigenvalue weighted by Gasteiger charge is -2.27. The Kier molecular flexibility index (Phi) is 4.76. The zero-order chi connectivity index (χ0) is 13.0. The number of nitrogens with one attached hydrogen (secondary N) is 1. The Morgan fingerprint density at radius 3 is 2.94 bits per heavy atom. The third-order valence-electron chi connectivity index (χ3n) is 3.46. The van der Waals surface area contributed by atoms with Crippen molar-refractivity contribution in [3.63, 3.8) is 0 Å². The Hall–Kier alpha value is -0.450. The molecule has 0 aromatic carbocycles. The topological polar surface area (TPSA) is 34.2 Å². The minimum absolute atomic E-state index is 0.286. The predicted octanol–water partition coefficient (Wildman–Crippen LogP) is 2.65. The lowest BCUT2D eigenvalue weighted by Crippen LogP contribution is -2.38. The molecule has 4 heteroatoms. The highest BCUT2D eigenvalue weighted by atomic mass is 32.1. The molecule has 1 saturated heterocycles. The average Bonchev–Trinajstić information content (AvgIpc) is 2.89. The monoisotopic (exact) mass is 268 g/mol. The number of aryl methyl sites for hydroxylation is 1. The molecule has 0 saturated carbocycles. The van der Waals surface area contributed by atoms with Gasteiger partial charge in [0.15, 0.2) is 0 Å². The van der Waals surface area contributed by atoms with E-state index in [0.29, 0.717) is 5.92 Å². The first-order valence-corrected chi connectivity index (χ1v) is 7.61. The number of rotatable bonds is 6. The Morgan fingerprint density at radius 1 is 1.56 bits per heavy atom. The van der Waals surface area contributed by atoms with Crippen LogP contribution in [0.3, 0.4) is 0 Å². The van der Waals surface area contributed by atoms with Crippen LogP contribution in [0.4, 0.5) is 0 Å². The molecule has 0 aliphatic carbocycles. The van der Waals surface area contributed by atoms with Crippen LogP contribution in [-0.2, 0) is 11.2 Å². The molecule has 0 amide bonds. The first-order chi connectivity index (χ1) is 8.60. The van der Waals surface area contributed by atoms with Gasteiger partial charge in [-0.1, -0.05) is 13.8 Å². The lowest BCUT2D eigenvalue weighted by atomic mass is 9.83. The van der Waals surface area contributed by atoms with E-state index in [2.05, 4.69) is 31.1 Å². The van der Waals surface area contributed by atoms with Crippen LogP contribution in [0.15, 0.2) is 6.20 Å². The van der Waals surface area contributed by atoms with Crippen molar-refractivity contribution in [1.29, 1.82) is 0 Å². The second-order valence-corrected chi connectivity index (χ2v) is 7.17. The summed E-state index contributed by atoms with van der Waals surface area (Å²) in [5.74, 6) is 0.704. The second kappa shape index (κ2) is 6.13. The first kappa shape index (κ1) is 14.0. The largest absolute Gasteiger partial charge is 0.381 e. The lowest BCUT2D eigenvalue weighted by molar-refractivity contribution is 0.149. The average molecular weight is 268 g/mol. The summed E-state index contributed by atoms with van der Waals surface area (Å²) in [6.45, 7) is 10.5. The number of hydrogen-bond donors (Lipinski definition) is 1. The van der Waals surface area contributed by atoms with E-state index in [1.165, 1.54) is 4.88 Å². The van der Waals surface area contributed by atoms with Gasteiger partial charge in [-0.05, 0) is 32.2 Å². The molecule has 3 nitrogen and oxygen atoms in total. The van der Waals surface area contributed by atoms with Gasteiger partial charge >= 0.3 is 0 Å². The molecule has 0 radical (unpaired) electrons. The van der Waals surface area contributed by atoms with E-state index < -0.39 is 0 Å². The number of thiazole rings is 1. The summed E-state index contributed by atoms with van der Waals surface area (Å²) < 4.78 is 5.64. The third kappa shape index (κ3) is 3.77. The summed E-state index contributed by atoms with van der Waals surface area (Å²) >= 11 is 1.82. The van der Waals surface area contributed by atoms with Gasteiger partial charge in [0, 0.05) is 29.6 Å². The van der Waals surface area contributed by atoms with Crippen molar-refractivity contribution in [2.45, 2.75) is 33.6 Å². The van der Waals surface area contributed by atoms with Crippen molar-refractivity contribution < 1.29 is 4.74 Å². The normalized spacial score (nSPS) is 24.0. The van der Waals surface area contributed by atoms with E-state index in [4.69, 9.17) is 4.74 Å². The van der Waals surface area contributed by atoms with Gasteiger partial charge in [0.2, 0.25) is 0 Å². The molecule has 0 spiro atoms. The SMILES string of the molecule is Cc1ncc(CC2(CNCC(C)C)CCOC2)s1. The van der Waals surface area contributed by atoms with Gasteiger partial charge < -0.3 is 10.1 Å². The minimum atomic E-state index is 0.286. The Labute approximate surface area is 114 Å². The summed E-state index contributed by atoms with van der Waals surface area (Å²) in [6, 6.07) is 0. The van der Waals surface area contributed by atoms with Crippen molar-refractivity contribution >= 4 is 11.3 Å². The molecule has 2 rings (SSSR count). The molecule has 1 aromatic heterocycles. The summed E-state index contributed by atoms with van der Waals surface area (Å²) in [5.41, 5.74) is 0.286. The zero-order valence-electron chi connectivity index (χ0n) is 11.7. The maximum atomic E-state index is 5.64. The predicted molar refractivity (Wildman–Crippen MR) is 76.1 cm³/mol. The summed E-state index contributed by atoms with van der Waals surface area (Å²) in [5, 5.41) is 4.76. The quantitative estimate of drug-likeness (QED) is 0.861. The highest BCUT2D eigenvalue weighted by Crippen LogP contribution is 2.33. The van der Waals surface area contributed by atoms with Gasteiger partial charge in [-0.25, -0.2) is 4.98 Å². The number of hydrogen-bond acceptors (Lipinski definition) is 4. The molecule has 18 heavy (non-hydrogen) atoms. The van der Waals surface area contributed by atoms with E-state index in [9.17, 15) is 0 Å². The van der Waals surface area contributed by atoms with Crippen LogP contribution in [0.2, 0.25) is 0 Å². The van der Waals surface area contributed by atoms with Crippen molar-refractivity contribution in [2.75, 3.05) is 26.3 Å². The molecular weight excluding hydrogens is 244 g/mol. The van der Waals surface area contributed by atoms with Gasteiger partial charge in [-0.2, -0.15) is 0 Å². The molecule has 1 N–H and O–H groups in total. The standard InChI is InChI=1S/C14H24N2OS/c1-11(2)7-15-9-14(4-5-17-10-14)6-13-8-16-12(3)18-13/h8,11,15H,4-7,9-10H2,1-3H3. The fraction of sp³-hybridized carbons (Fsp3) is 0.786. The molecule has 0 bridgehead atoms. The van der Waals surface area contributed by atoms with E-state index >= 15 is 0 Å². The first-order valence-electron chi connectivity index (χ1n) is 6.79. The summed E-state index contributed by atoms with van der Waals surface area (Å²) in [4.78, 5) is 5.75. The van der Waals surface area contributed by atoms with Gasteiger partial charge in [-0.15, -0.1) is 11.3 Å². The van der Waals surface area contributed by atoms with Gasteiger partial charge in [0.25, 0.3) is 0 Å². The minimum Gasteiger partial charge on any atom is -0.381 e. The number of aromatic nitrogens is 1. The van der Waals surface area contributed by atoms with E-state index in [1.807, 2.05) is 17.5 Å². The highest BCUT2D eigenvalue weighted by molar-refractivity contribution is 7.11. The number of nitrogens with zero attached hydrogens (tertiary/aromatic N) is 1. The van der Waals surface area contributed by atoms with Crippen LogP contribution in [0.25, 0.3) is 0 Å². The third-order valence-corrected chi connectivity index (χ3v) is 4.37. The maximum Gasteiger partial charge on any atom is 0.0896 e. The molecule has 102 valence electrons. The molecule has 1 aromatic rings. The van der Waals surface area contributed by atoms with Crippen LogP contribution in [0.1, 0.15) is 30.2 Å². The zero-order valence-corrected chi connectivity index (χ0v) is 12.5. The highest BCUT2D eigenvalue weighted by Gasteiger charge is 2.35. The molecule has 1 fully saturated rings. The Bertz CT molecular complexity index is 370. The second-order valence-electron chi connectivity index (χ2n) is 5.85. The van der Waals surface area contributed by atoms with Gasteiger partial charge in [-0.3, -0.25) is 0 Å². The van der Waals surface area contributed by atoms with Crippen LogP contribution >= 0.6 is 11.3 Å². The molecule has 1 atom stereocenters. The molecule has 2 heterocycles. The fourth-order valence-electron chi connectivity index (χ4n) is 2.47. The van der Waals surface area contributed by atoms with Crippen LogP contribution < -0.4 is 5.32 Å². The van der Waals surface area contributed by atoms with Crippen LogP contribution in [0, 0.1) is 18.3 Å². The Morgan fingerprint density at radius 2 is 2.39 bits per heavy atom. The molecular formula is C14H24N2OS. The van der Waals surface area contributed by atoms with E-state index in [1.54, 1.807) is 0 Å². The van der Waals surface area contributed by atoms with E-state index in [-0.39, 0.29) is 5.41 Å². The van der Waals surface area contributed by atoms with Gasteiger partial charge in [0.1, 0.15) is 0 Å². The fourth-order valence-corrected chi connectivity index (χ4v) is 3.44. The van der Waals surface area contributed by atoms with Crippen LogP contribution in [0.5, 0.6) is 0 Å². The molecule has 1 aliphatic heterocycles. The van der Waals surface area contributed by atoms with E-state index in [0.717, 1.165) is 44.2 Å². The van der Waals surface area contributed by atoms with Crippen molar-refractivity contribution in [3.05, 3.63) is 16.1 Å². The molecule has 1 aliphatic rings. The summed E-state index contributed by atoms with van der Waals surface area (Å²) in [6.07, 6.45) is 4.29. The number of ether oxygens (including phenoxy) is 1. The van der Waals surface area contributed by atoms with Gasteiger partial charge in [0.05, 0.1) is 11.6 Å². The van der Waals surface area contributed by atoms with Crippen molar-refractivity contribution in [3.8, 4) is 0 Å².